The molecule has 2 rings (SSSR count). The minimum atomic E-state index is -3.89. The molecule has 0 aliphatic rings. The SMILES string of the molecule is CC(C)c1cc(C(=O)NS(=O)(=O)Cc2ccc(C#N)cc2)nn1C(C)(C)C. The minimum absolute atomic E-state index is 0.0667. The number of nitrogens with one attached hydrogen (secondary N) is 1. The minimum Gasteiger partial charge on any atom is -0.266 e. The van der Waals surface area contributed by atoms with Crippen molar-refractivity contribution in [3.63, 3.8) is 0 Å². The molecule has 0 saturated carbocycles. The second-order valence-electron chi connectivity index (χ2n) is 7.69. The molecule has 0 unspecified atom stereocenters. The number of nitrogens with zero attached hydrogens (tertiary/aromatic N) is 3. The highest BCUT2D eigenvalue weighted by atomic mass is 32.2. The molecular formula is C19H24N4O3S. The van der Waals surface area contributed by atoms with Crippen molar-refractivity contribution in [2.75, 3.05) is 0 Å². The van der Waals surface area contributed by atoms with Crippen molar-refractivity contribution < 1.29 is 13.2 Å². The van der Waals surface area contributed by atoms with E-state index in [1.165, 1.54) is 12.1 Å². The molecule has 0 aliphatic heterocycles. The van der Waals surface area contributed by atoms with Crippen molar-refractivity contribution in [3.05, 3.63) is 52.8 Å². The number of nitriles is 1. The van der Waals surface area contributed by atoms with Crippen LogP contribution in [0.2, 0.25) is 0 Å². The summed E-state index contributed by atoms with van der Waals surface area (Å²) >= 11 is 0. The van der Waals surface area contributed by atoms with Gasteiger partial charge in [-0.3, -0.25) is 9.48 Å². The highest BCUT2D eigenvalue weighted by Crippen LogP contribution is 2.23. The van der Waals surface area contributed by atoms with Crippen molar-refractivity contribution in [1.29, 1.82) is 5.26 Å². The van der Waals surface area contributed by atoms with Gasteiger partial charge in [-0.2, -0.15) is 10.4 Å². The van der Waals surface area contributed by atoms with Crippen LogP contribution in [0.15, 0.2) is 30.3 Å². The number of carbonyl (C=O) groups excluding carboxylic acids is 1. The summed E-state index contributed by atoms with van der Waals surface area (Å²) in [6.45, 7) is 9.88. The summed E-state index contributed by atoms with van der Waals surface area (Å²) in [5, 5.41) is 13.1. The fourth-order valence-corrected chi connectivity index (χ4v) is 3.67. The standard InChI is InChI=1S/C19H24N4O3S/c1-13(2)17-10-16(21-23(17)19(3,4)5)18(24)22-27(25,26)12-15-8-6-14(11-20)7-9-15/h6-10,13H,12H2,1-5H3,(H,22,24). The Hall–Kier alpha value is -2.66. The van der Waals surface area contributed by atoms with Gasteiger partial charge in [-0.1, -0.05) is 26.0 Å². The maximum atomic E-state index is 12.5. The first kappa shape index (κ1) is 20.6. The summed E-state index contributed by atoms with van der Waals surface area (Å²) in [4.78, 5) is 12.5. The van der Waals surface area contributed by atoms with E-state index in [4.69, 9.17) is 5.26 Å². The third kappa shape index (κ3) is 5.17. The molecule has 0 spiro atoms. The van der Waals surface area contributed by atoms with Gasteiger partial charge in [-0.15, -0.1) is 0 Å². The number of carbonyl (C=O) groups is 1. The van der Waals surface area contributed by atoms with Gasteiger partial charge in [0.1, 0.15) is 0 Å². The predicted molar refractivity (Wildman–Crippen MR) is 103 cm³/mol. The van der Waals surface area contributed by atoms with Crippen LogP contribution in [0.3, 0.4) is 0 Å². The third-order valence-corrected chi connectivity index (χ3v) is 5.09. The van der Waals surface area contributed by atoms with Gasteiger partial charge in [0.2, 0.25) is 10.0 Å². The van der Waals surface area contributed by atoms with E-state index in [9.17, 15) is 13.2 Å². The Morgan fingerprint density at radius 2 is 1.85 bits per heavy atom. The molecule has 1 aromatic heterocycles. The lowest BCUT2D eigenvalue weighted by Crippen LogP contribution is -2.32. The van der Waals surface area contributed by atoms with Crippen molar-refractivity contribution in [2.45, 2.75) is 51.8 Å². The first-order chi connectivity index (χ1) is 12.4. The fourth-order valence-electron chi connectivity index (χ4n) is 2.58. The van der Waals surface area contributed by atoms with Crippen LogP contribution in [0.25, 0.3) is 0 Å². The van der Waals surface area contributed by atoms with E-state index >= 15 is 0 Å². The van der Waals surface area contributed by atoms with Gasteiger partial charge in [-0.05, 0) is 50.5 Å². The molecular weight excluding hydrogens is 364 g/mol. The lowest BCUT2D eigenvalue weighted by atomic mass is 10.1. The number of hydrogen-bond acceptors (Lipinski definition) is 5. The second-order valence-corrected chi connectivity index (χ2v) is 9.41. The molecule has 144 valence electrons. The van der Waals surface area contributed by atoms with Gasteiger partial charge in [0.15, 0.2) is 5.69 Å². The second kappa shape index (κ2) is 7.53. The van der Waals surface area contributed by atoms with Crippen LogP contribution in [-0.2, 0) is 21.3 Å². The van der Waals surface area contributed by atoms with E-state index in [1.807, 2.05) is 40.7 Å². The molecule has 7 nitrogen and oxygen atoms in total. The van der Waals surface area contributed by atoms with E-state index in [1.54, 1.807) is 22.9 Å². The van der Waals surface area contributed by atoms with E-state index in [-0.39, 0.29) is 22.9 Å². The maximum absolute atomic E-state index is 12.5. The Morgan fingerprint density at radius 1 is 1.26 bits per heavy atom. The van der Waals surface area contributed by atoms with Crippen LogP contribution >= 0.6 is 0 Å². The molecule has 8 heteroatoms. The Morgan fingerprint density at radius 3 is 2.30 bits per heavy atom. The van der Waals surface area contributed by atoms with Gasteiger partial charge in [0.25, 0.3) is 5.91 Å². The summed E-state index contributed by atoms with van der Waals surface area (Å²) in [6, 6.07) is 9.76. The Kier molecular flexibility index (Phi) is 5.76. The van der Waals surface area contributed by atoms with Crippen molar-refractivity contribution >= 4 is 15.9 Å². The number of benzene rings is 1. The molecule has 1 heterocycles. The number of aromatic nitrogens is 2. The number of hydrogen-bond donors (Lipinski definition) is 1. The summed E-state index contributed by atoms with van der Waals surface area (Å²) in [6.07, 6.45) is 0. The van der Waals surface area contributed by atoms with Crippen molar-refractivity contribution in [2.24, 2.45) is 0 Å². The monoisotopic (exact) mass is 388 g/mol. The van der Waals surface area contributed by atoms with Gasteiger partial charge in [0.05, 0.1) is 22.9 Å². The van der Waals surface area contributed by atoms with Crippen LogP contribution in [-0.4, -0.2) is 24.1 Å². The maximum Gasteiger partial charge on any atom is 0.285 e. The zero-order valence-electron chi connectivity index (χ0n) is 16.1. The summed E-state index contributed by atoms with van der Waals surface area (Å²) in [5.74, 6) is -0.983. The van der Waals surface area contributed by atoms with E-state index in [0.29, 0.717) is 11.1 Å². The lowest BCUT2D eigenvalue weighted by molar-refractivity contribution is 0.0975. The molecule has 1 amide bonds. The van der Waals surface area contributed by atoms with Gasteiger partial charge in [-0.25, -0.2) is 13.1 Å². The molecule has 27 heavy (non-hydrogen) atoms. The molecule has 2 aromatic rings. The van der Waals surface area contributed by atoms with Gasteiger partial charge >= 0.3 is 0 Å². The number of rotatable bonds is 5. The first-order valence-corrected chi connectivity index (χ1v) is 10.2. The summed E-state index contributed by atoms with van der Waals surface area (Å²) in [7, 11) is -3.89. The van der Waals surface area contributed by atoms with E-state index in [0.717, 1.165) is 5.69 Å². The lowest BCUT2D eigenvalue weighted by Gasteiger charge is -2.23. The topological polar surface area (TPSA) is 105 Å². The molecule has 0 saturated heterocycles. The van der Waals surface area contributed by atoms with Crippen molar-refractivity contribution in [1.82, 2.24) is 14.5 Å². The molecule has 0 radical (unpaired) electrons. The van der Waals surface area contributed by atoms with Crippen LogP contribution in [0.1, 0.15) is 67.8 Å². The Bertz CT molecular complexity index is 975. The smallest absolute Gasteiger partial charge is 0.266 e. The van der Waals surface area contributed by atoms with Gasteiger partial charge < -0.3 is 0 Å². The Balaban J connectivity index is 2.21. The molecule has 0 bridgehead atoms. The zero-order chi connectivity index (χ0) is 20.4. The summed E-state index contributed by atoms with van der Waals surface area (Å²) < 4.78 is 28.5. The van der Waals surface area contributed by atoms with Crippen LogP contribution in [0, 0.1) is 11.3 Å². The molecule has 1 aromatic carbocycles. The zero-order valence-corrected chi connectivity index (χ0v) is 17.0. The Labute approximate surface area is 160 Å². The first-order valence-electron chi connectivity index (χ1n) is 8.57. The van der Waals surface area contributed by atoms with Crippen LogP contribution in [0.5, 0.6) is 0 Å². The van der Waals surface area contributed by atoms with E-state index in [2.05, 4.69) is 9.82 Å². The average molecular weight is 388 g/mol. The van der Waals surface area contributed by atoms with Gasteiger partial charge in [0, 0.05) is 5.69 Å². The average Bonchev–Trinajstić information content (AvgIpc) is 3.01. The molecule has 1 N–H and O–H groups in total. The largest absolute Gasteiger partial charge is 0.285 e. The highest BCUT2D eigenvalue weighted by Gasteiger charge is 2.25. The number of amides is 1. The van der Waals surface area contributed by atoms with Crippen LogP contribution < -0.4 is 4.72 Å². The van der Waals surface area contributed by atoms with Crippen LogP contribution in [0.4, 0.5) is 0 Å². The molecule has 0 atom stereocenters. The van der Waals surface area contributed by atoms with E-state index < -0.39 is 15.9 Å². The molecule has 0 aliphatic carbocycles. The fraction of sp³-hybridized carbons (Fsp3) is 0.421. The predicted octanol–water partition coefficient (Wildman–Crippen LogP) is 2.89. The normalized spacial score (nSPS) is 12.0. The van der Waals surface area contributed by atoms with Crippen molar-refractivity contribution in [3.8, 4) is 6.07 Å². The highest BCUT2D eigenvalue weighted by molar-refractivity contribution is 7.89. The number of sulfonamides is 1. The summed E-state index contributed by atoms with van der Waals surface area (Å²) in [5.41, 5.74) is 1.51. The molecule has 0 fully saturated rings. The third-order valence-electron chi connectivity index (χ3n) is 3.88. The quantitative estimate of drug-likeness (QED) is 0.848.